The molecule has 84 valence electrons. The second-order valence-electron chi connectivity index (χ2n) is 4.31. The van der Waals surface area contributed by atoms with Gasteiger partial charge in [-0.15, -0.1) is 5.10 Å². The molecule has 0 amide bonds. The molecule has 0 saturated heterocycles. The molecule has 3 aromatic rings. The number of hydrogen-bond acceptors (Lipinski definition) is 2. The first-order valence-electron chi connectivity index (χ1n) is 5.62. The predicted molar refractivity (Wildman–Crippen MR) is 67.9 cm³/mol. The maximum Gasteiger partial charge on any atom is 0.182 e. The Morgan fingerprint density at radius 1 is 0.941 bits per heavy atom. The van der Waals surface area contributed by atoms with E-state index in [1.54, 1.807) is 0 Å². The van der Waals surface area contributed by atoms with E-state index in [0.29, 0.717) is 0 Å². The van der Waals surface area contributed by atoms with Crippen LogP contribution in [-0.2, 0) is 0 Å². The van der Waals surface area contributed by atoms with Crippen LogP contribution in [0.5, 0.6) is 0 Å². The standard InChI is InChI=1S/C14H13N3/c1-10-3-5-12(6-4-10)14-15-13-9-11(2)7-8-17(13)16-14/h3-9H,1-2H3. The third-order valence-electron chi connectivity index (χ3n) is 2.80. The van der Waals surface area contributed by atoms with Gasteiger partial charge in [0.1, 0.15) is 0 Å². The molecule has 0 aliphatic heterocycles. The van der Waals surface area contributed by atoms with Gasteiger partial charge in [-0.2, -0.15) is 0 Å². The van der Waals surface area contributed by atoms with Gasteiger partial charge in [-0.25, -0.2) is 9.50 Å². The van der Waals surface area contributed by atoms with E-state index in [9.17, 15) is 0 Å². The summed E-state index contributed by atoms with van der Waals surface area (Å²) in [5, 5.41) is 4.46. The summed E-state index contributed by atoms with van der Waals surface area (Å²) in [7, 11) is 0. The molecule has 0 bridgehead atoms. The van der Waals surface area contributed by atoms with Gasteiger partial charge in [0.05, 0.1) is 0 Å². The number of rotatable bonds is 1. The van der Waals surface area contributed by atoms with Gasteiger partial charge in [0, 0.05) is 11.8 Å². The molecule has 2 aromatic heterocycles. The summed E-state index contributed by atoms with van der Waals surface area (Å²) < 4.78 is 1.81. The van der Waals surface area contributed by atoms with Crippen molar-refractivity contribution in [1.82, 2.24) is 14.6 Å². The van der Waals surface area contributed by atoms with Crippen molar-refractivity contribution in [3.8, 4) is 11.4 Å². The van der Waals surface area contributed by atoms with Crippen LogP contribution < -0.4 is 0 Å². The highest BCUT2D eigenvalue weighted by Gasteiger charge is 2.05. The number of pyridine rings is 1. The summed E-state index contributed by atoms with van der Waals surface area (Å²) in [6.07, 6.45) is 1.94. The Morgan fingerprint density at radius 2 is 1.71 bits per heavy atom. The van der Waals surface area contributed by atoms with Crippen LogP contribution in [0, 0.1) is 13.8 Å². The summed E-state index contributed by atoms with van der Waals surface area (Å²) in [4.78, 5) is 4.53. The molecule has 1 aromatic carbocycles. The molecule has 3 rings (SSSR count). The third-order valence-corrected chi connectivity index (χ3v) is 2.80. The zero-order valence-corrected chi connectivity index (χ0v) is 9.88. The molecule has 0 aliphatic carbocycles. The van der Waals surface area contributed by atoms with Gasteiger partial charge in [-0.1, -0.05) is 29.8 Å². The molecule has 0 atom stereocenters. The Hall–Kier alpha value is -2.16. The van der Waals surface area contributed by atoms with Crippen molar-refractivity contribution in [3.63, 3.8) is 0 Å². The minimum absolute atomic E-state index is 0.774. The highest BCUT2D eigenvalue weighted by atomic mass is 15.3. The SMILES string of the molecule is Cc1ccc(-c2nc3cc(C)ccn3n2)cc1. The van der Waals surface area contributed by atoms with Crippen LogP contribution in [0.4, 0.5) is 0 Å². The van der Waals surface area contributed by atoms with Crippen LogP contribution in [0.3, 0.4) is 0 Å². The zero-order chi connectivity index (χ0) is 11.8. The summed E-state index contributed by atoms with van der Waals surface area (Å²) in [5.74, 6) is 0.774. The zero-order valence-electron chi connectivity index (χ0n) is 9.88. The van der Waals surface area contributed by atoms with Crippen LogP contribution in [-0.4, -0.2) is 14.6 Å². The van der Waals surface area contributed by atoms with Crippen molar-refractivity contribution in [2.24, 2.45) is 0 Å². The number of aryl methyl sites for hydroxylation is 2. The molecule has 0 spiro atoms. The second kappa shape index (κ2) is 3.70. The van der Waals surface area contributed by atoms with Crippen molar-refractivity contribution >= 4 is 5.65 Å². The Morgan fingerprint density at radius 3 is 2.47 bits per heavy atom. The molecular formula is C14H13N3. The summed E-state index contributed by atoms with van der Waals surface area (Å²) in [6.45, 7) is 4.13. The molecule has 0 N–H and O–H groups in total. The predicted octanol–water partition coefficient (Wildman–Crippen LogP) is 3.01. The lowest BCUT2D eigenvalue weighted by molar-refractivity contribution is 0.962. The lowest BCUT2D eigenvalue weighted by Crippen LogP contribution is -1.86. The first kappa shape index (κ1) is 10.0. The lowest BCUT2D eigenvalue weighted by atomic mass is 10.1. The van der Waals surface area contributed by atoms with Crippen molar-refractivity contribution < 1.29 is 0 Å². The normalized spacial score (nSPS) is 10.9. The van der Waals surface area contributed by atoms with Crippen molar-refractivity contribution in [2.75, 3.05) is 0 Å². The van der Waals surface area contributed by atoms with Gasteiger partial charge < -0.3 is 0 Å². The molecule has 3 nitrogen and oxygen atoms in total. The second-order valence-corrected chi connectivity index (χ2v) is 4.31. The molecule has 0 unspecified atom stereocenters. The first-order valence-corrected chi connectivity index (χ1v) is 5.62. The topological polar surface area (TPSA) is 30.2 Å². The van der Waals surface area contributed by atoms with Crippen LogP contribution in [0.15, 0.2) is 42.6 Å². The molecule has 17 heavy (non-hydrogen) atoms. The molecule has 0 radical (unpaired) electrons. The molecule has 0 aliphatic rings. The van der Waals surface area contributed by atoms with Gasteiger partial charge in [-0.05, 0) is 31.5 Å². The van der Waals surface area contributed by atoms with Gasteiger partial charge in [-0.3, -0.25) is 0 Å². The minimum Gasteiger partial charge on any atom is -0.221 e. The molecule has 0 fully saturated rings. The van der Waals surface area contributed by atoms with E-state index in [2.05, 4.69) is 48.2 Å². The number of nitrogens with zero attached hydrogens (tertiary/aromatic N) is 3. The van der Waals surface area contributed by atoms with Gasteiger partial charge in [0.2, 0.25) is 0 Å². The average molecular weight is 223 g/mol. The molecular weight excluding hydrogens is 210 g/mol. The Labute approximate surface area is 99.7 Å². The van der Waals surface area contributed by atoms with E-state index in [0.717, 1.165) is 17.0 Å². The Kier molecular flexibility index (Phi) is 2.18. The number of aromatic nitrogens is 3. The van der Waals surface area contributed by atoms with E-state index in [4.69, 9.17) is 0 Å². The average Bonchev–Trinajstić information content (AvgIpc) is 2.72. The highest BCUT2D eigenvalue weighted by Crippen LogP contribution is 2.17. The largest absolute Gasteiger partial charge is 0.221 e. The van der Waals surface area contributed by atoms with Gasteiger partial charge in [0.25, 0.3) is 0 Å². The highest BCUT2D eigenvalue weighted by molar-refractivity contribution is 5.58. The molecule has 0 saturated carbocycles. The van der Waals surface area contributed by atoms with E-state index in [1.807, 2.05) is 22.8 Å². The smallest absolute Gasteiger partial charge is 0.182 e. The fourth-order valence-corrected chi connectivity index (χ4v) is 1.81. The summed E-state index contributed by atoms with van der Waals surface area (Å²) in [6, 6.07) is 12.3. The Bertz CT molecular complexity index is 666. The summed E-state index contributed by atoms with van der Waals surface area (Å²) >= 11 is 0. The summed E-state index contributed by atoms with van der Waals surface area (Å²) in [5.41, 5.74) is 4.38. The van der Waals surface area contributed by atoms with E-state index >= 15 is 0 Å². The van der Waals surface area contributed by atoms with Crippen LogP contribution >= 0.6 is 0 Å². The van der Waals surface area contributed by atoms with E-state index < -0.39 is 0 Å². The molecule has 2 heterocycles. The fourth-order valence-electron chi connectivity index (χ4n) is 1.81. The Balaban J connectivity index is 2.14. The van der Waals surface area contributed by atoms with Crippen molar-refractivity contribution in [3.05, 3.63) is 53.7 Å². The number of benzene rings is 1. The van der Waals surface area contributed by atoms with Crippen molar-refractivity contribution in [1.29, 1.82) is 0 Å². The quantitative estimate of drug-likeness (QED) is 0.634. The van der Waals surface area contributed by atoms with Crippen molar-refractivity contribution in [2.45, 2.75) is 13.8 Å². The third kappa shape index (κ3) is 1.80. The van der Waals surface area contributed by atoms with Crippen LogP contribution in [0.1, 0.15) is 11.1 Å². The first-order chi connectivity index (χ1) is 8.22. The fraction of sp³-hybridized carbons (Fsp3) is 0.143. The van der Waals surface area contributed by atoms with E-state index in [1.165, 1.54) is 11.1 Å². The van der Waals surface area contributed by atoms with Gasteiger partial charge in [0.15, 0.2) is 11.5 Å². The van der Waals surface area contributed by atoms with E-state index in [-0.39, 0.29) is 0 Å². The molecule has 3 heteroatoms. The number of fused-ring (bicyclic) bond motifs is 1. The maximum atomic E-state index is 4.53. The monoisotopic (exact) mass is 223 g/mol. The van der Waals surface area contributed by atoms with Crippen LogP contribution in [0.25, 0.3) is 17.0 Å². The number of hydrogen-bond donors (Lipinski definition) is 0. The lowest BCUT2D eigenvalue weighted by Gasteiger charge is -1.94. The minimum atomic E-state index is 0.774. The van der Waals surface area contributed by atoms with Gasteiger partial charge >= 0.3 is 0 Å². The maximum absolute atomic E-state index is 4.53. The van der Waals surface area contributed by atoms with Crippen LogP contribution in [0.2, 0.25) is 0 Å².